The van der Waals surface area contributed by atoms with E-state index in [1.807, 2.05) is 57.2 Å². The first-order valence-electron chi connectivity index (χ1n) is 13.8. The zero-order chi connectivity index (χ0) is 29.3. The molecule has 214 valence electrons. The van der Waals surface area contributed by atoms with Crippen molar-refractivity contribution in [1.29, 1.82) is 0 Å². The molecule has 0 bridgehead atoms. The van der Waals surface area contributed by atoms with Crippen LogP contribution < -0.4 is 14.8 Å². The Morgan fingerprint density at radius 2 is 1.78 bits per heavy atom. The fourth-order valence-electron chi connectivity index (χ4n) is 5.39. The highest BCUT2D eigenvalue weighted by Gasteiger charge is 2.45. The van der Waals surface area contributed by atoms with Gasteiger partial charge in [0.1, 0.15) is 17.1 Å². The van der Waals surface area contributed by atoms with Gasteiger partial charge in [0.25, 0.3) is 5.91 Å². The molecule has 0 spiro atoms. The van der Waals surface area contributed by atoms with Crippen LogP contribution in [-0.2, 0) is 16.6 Å². The Bertz CT molecular complexity index is 1620. The number of rotatable bonds is 10. The van der Waals surface area contributed by atoms with E-state index in [2.05, 4.69) is 10.3 Å². The number of phenolic OH excluding ortho intramolecular Hbond substituents is 1. The number of benzene rings is 3. The third-order valence-corrected chi connectivity index (χ3v) is 7.81. The fourth-order valence-corrected chi connectivity index (χ4v) is 5.39. The van der Waals surface area contributed by atoms with Crippen LogP contribution >= 0.6 is 0 Å². The lowest BCUT2D eigenvalue weighted by Crippen LogP contribution is -2.52. The molecule has 41 heavy (non-hydrogen) atoms. The number of imidazole rings is 1. The van der Waals surface area contributed by atoms with E-state index in [0.29, 0.717) is 53.5 Å². The number of aryl methyl sites for hydroxylation is 1. The summed E-state index contributed by atoms with van der Waals surface area (Å²) in [7, 11) is 3.24. The highest BCUT2D eigenvalue weighted by Crippen LogP contribution is 2.38. The number of imide groups is 1. The zero-order valence-corrected chi connectivity index (χ0v) is 24.1. The standard InChI is InChI=1S/C32H36N4O5/c1-19-17-21(8-11-24(19)37)29-34-23-10-9-22-27(28(23)35-29)30(38)36(31(39)32(22,2)3)16-6-14-33-15-13-20-7-12-25(40-4)26(18-20)41-5/h7-12,17-18,33,37H,6,13-16H2,1-5H3,(H,34,35). The van der Waals surface area contributed by atoms with Gasteiger partial charge in [-0.25, -0.2) is 4.98 Å². The van der Waals surface area contributed by atoms with Crippen LogP contribution in [-0.4, -0.2) is 65.6 Å². The second kappa shape index (κ2) is 11.2. The van der Waals surface area contributed by atoms with Crippen molar-refractivity contribution >= 4 is 22.8 Å². The van der Waals surface area contributed by atoms with E-state index in [1.54, 1.807) is 26.4 Å². The third kappa shape index (κ3) is 5.25. The van der Waals surface area contributed by atoms with Crippen LogP contribution in [0.2, 0.25) is 0 Å². The number of amides is 2. The molecule has 1 aliphatic heterocycles. The number of aromatic nitrogens is 2. The smallest absolute Gasteiger partial charge is 0.263 e. The van der Waals surface area contributed by atoms with Crippen LogP contribution in [0.1, 0.15) is 47.3 Å². The van der Waals surface area contributed by atoms with E-state index in [1.165, 1.54) is 4.90 Å². The summed E-state index contributed by atoms with van der Waals surface area (Å²) in [4.78, 5) is 36.7. The first-order chi connectivity index (χ1) is 19.6. The van der Waals surface area contributed by atoms with Crippen LogP contribution in [0.15, 0.2) is 48.5 Å². The molecule has 2 heterocycles. The number of H-pyrrole nitrogens is 1. The molecular weight excluding hydrogens is 520 g/mol. The molecule has 1 aromatic heterocycles. The minimum atomic E-state index is -0.869. The van der Waals surface area contributed by atoms with Gasteiger partial charge in [0.15, 0.2) is 11.5 Å². The number of methoxy groups -OCH3 is 2. The van der Waals surface area contributed by atoms with Crippen molar-refractivity contribution < 1.29 is 24.2 Å². The SMILES string of the molecule is COc1ccc(CCNCCCN2C(=O)c3c(ccc4[nH]c(-c5ccc(O)c(C)c5)nc34)C(C)(C)C2=O)cc1OC. The van der Waals surface area contributed by atoms with Gasteiger partial charge < -0.3 is 24.9 Å². The first kappa shape index (κ1) is 28.2. The van der Waals surface area contributed by atoms with Crippen LogP contribution in [0.3, 0.4) is 0 Å². The number of fused-ring (bicyclic) bond motifs is 3. The Labute approximate surface area is 239 Å². The van der Waals surface area contributed by atoms with Crippen LogP contribution in [0.4, 0.5) is 0 Å². The van der Waals surface area contributed by atoms with E-state index in [9.17, 15) is 14.7 Å². The van der Waals surface area contributed by atoms with Crippen molar-refractivity contribution in [1.82, 2.24) is 20.2 Å². The normalized spacial score (nSPS) is 14.4. The number of aromatic hydroxyl groups is 1. The minimum absolute atomic E-state index is 0.204. The van der Waals surface area contributed by atoms with Gasteiger partial charge in [0, 0.05) is 12.1 Å². The maximum atomic E-state index is 13.8. The Kier molecular flexibility index (Phi) is 7.73. The van der Waals surface area contributed by atoms with Crippen molar-refractivity contribution in [3.63, 3.8) is 0 Å². The summed E-state index contributed by atoms with van der Waals surface area (Å²) in [6.45, 7) is 7.27. The lowest BCUT2D eigenvalue weighted by Gasteiger charge is -2.37. The molecule has 3 aromatic carbocycles. The van der Waals surface area contributed by atoms with Crippen molar-refractivity contribution in [2.45, 2.75) is 39.0 Å². The van der Waals surface area contributed by atoms with Gasteiger partial charge in [0.05, 0.1) is 30.7 Å². The second-order valence-electron chi connectivity index (χ2n) is 10.9. The number of hydrogen-bond acceptors (Lipinski definition) is 7. The number of ether oxygens (including phenoxy) is 2. The maximum Gasteiger partial charge on any atom is 0.263 e. The third-order valence-electron chi connectivity index (χ3n) is 7.81. The van der Waals surface area contributed by atoms with Gasteiger partial charge in [-0.1, -0.05) is 12.1 Å². The summed E-state index contributed by atoms with van der Waals surface area (Å²) in [6, 6.07) is 14.9. The molecule has 1 aliphatic rings. The molecule has 5 rings (SSSR count). The molecule has 3 N–H and O–H groups in total. The summed E-state index contributed by atoms with van der Waals surface area (Å²) in [5.41, 5.74) is 4.21. The molecule has 0 radical (unpaired) electrons. The Hall–Kier alpha value is -4.37. The lowest BCUT2D eigenvalue weighted by atomic mass is 9.76. The molecule has 9 heteroatoms. The highest BCUT2D eigenvalue weighted by atomic mass is 16.5. The van der Waals surface area contributed by atoms with E-state index in [4.69, 9.17) is 14.5 Å². The number of carbonyl (C=O) groups is 2. The number of carbonyl (C=O) groups excluding carboxylic acids is 2. The fraction of sp³-hybridized carbons (Fsp3) is 0.344. The molecule has 0 aliphatic carbocycles. The van der Waals surface area contributed by atoms with Crippen LogP contribution in [0.25, 0.3) is 22.4 Å². The Balaban J connectivity index is 1.28. The van der Waals surface area contributed by atoms with E-state index in [-0.39, 0.29) is 17.6 Å². The van der Waals surface area contributed by atoms with Gasteiger partial charge in [-0.15, -0.1) is 0 Å². The summed E-state index contributed by atoms with van der Waals surface area (Å²) in [6.07, 6.45) is 1.44. The van der Waals surface area contributed by atoms with Gasteiger partial charge in [-0.05, 0) is 99.8 Å². The van der Waals surface area contributed by atoms with Crippen molar-refractivity contribution in [2.75, 3.05) is 33.9 Å². The largest absolute Gasteiger partial charge is 0.508 e. The molecule has 0 saturated heterocycles. The average Bonchev–Trinajstić information content (AvgIpc) is 3.41. The molecule has 0 atom stereocenters. The number of nitrogens with one attached hydrogen (secondary N) is 2. The van der Waals surface area contributed by atoms with Gasteiger partial charge >= 0.3 is 0 Å². The summed E-state index contributed by atoms with van der Waals surface area (Å²) < 4.78 is 10.7. The number of aromatic amines is 1. The zero-order valence-electron chi connectivity index (χ0n) is 24.1. The Morgan fingerprint density at radius 3 is 2.51 bits per heavy atom. The molecule has 0 fully saturated rings. The first-order valence-corrected chi connectivity index (χ1v) is 13.8. The summed E-state index contributed by atoms with van der Waals surface area (Å²) in [5.74, 6) is 1.69. The minimum Gasteiger partial charge on any atom is -0.508 e. The second-order valence-corrected chi connectivity index (χ2v) is 10.9. The van der Waals surface area contributed by atoms with Gasteiger partial charge in [0.2, 0.25) is 5.91 Å². The number of nitrogens with zero attached hydrogens (tertiary/aromatic N) is 2. The molecule has 0 unspecified atom stereocenters. The maximum absolute atomic E-state index is 13.8. The van der Waals surface area contributed by atoms with Crippen LogP contribution in [0.5, 0.6) is 17.2 Å². The van der Waals surface area contributed by atoms with E-state index in [0.717, 1.165) is 35.2 Å². The predicted molar refractivity (Wildman–Crippen MR) is 158 cm³/mol. The van der Waals surface area contributed by atoms with E-state index >= 15 is 0 Å². The number of phenols is 1. The lowest BCUT2D eigenvalue weighted by molar-refractivity contribution is -0.134. The van der Waals surface area contributed by atoms with E-state index < -0.39 is 5.41 Å². The number of hydrogen-bond donors (Lipinski definition) is 3. The van der Waals surface area contributed by atoms with Crippen molar-refractivity contribution in [3.05, 3.63) is 70.8 Å². The predicted octanol–water partition coefficient (Wildman–Crippen LogP) is 4.74. The quantitative estimate of drug-likeness (QED) is 0.191. The average molecular weight is 557 g/mol. The highest BCUT2D eigenvalue weighted by molar-refractivity contribution is 6.18. The molecular formula is C32H36N4O5. The summed E-state index contributed by atoms with van der Waals surface area (Å²) in [5, 5.41) is 13.3. The van der Waals surface area contributed by atoms with Crippen LogP contribution in [0, 0.1) is 6.92 Å². The molecule has 2 amide bonds. The van der Waals surface area contributed by atoms with Gasteiger partial charge in [-0.3, -0.25) is 14.5 Å². The van der Waals surface area contributed by atoms with Gasteiger partial charge in [-0.2, -0.15) is 0 Å². The summed E-state index contributed by atoms with van der Waals surface area (Å²) >= 11 is 0. The monoisotopic (exact) mass is 556 g/mol. The topological polar surface area (TPSA) is 117 Å². The molecule has 4 aromatic rings. The van der Waals surface area contributed by atoms with Crippen molar-refractivity contribution in [2.24, 2.45) is 0 Å². The molecule has 0 saturated carbocycles. The van der Waals surface area contributed by atoms with Crippen molar-refractivity contribution in [3.8, 4) is 28.6 Å². The molecule has 9 nitrogen and oxygen atoms in total. The Morgan fingerprint density at radius 1 is 1.00 bits per heavy atom.